The van der Waals surface area contributed by atoms with Crippen molar-refractivity contribution in [3.8, 4) is 0 Å². The summed E-state index contributed by atoms with van der Waals surface area (Å²) in [5, 5.41) is 5.67. The van der Waals surface area contributed by atoms with Gasteiger partial charge in [-0.25, -0.2) is 9.97 Å². The summed E-state index contributed by atoms with van der Waals surface area (Å²) in [7, 11) is 3.91. The summed E-state index contributed by atoms with van der Waals surface area (Å²) in [6.07, 6.45) is -4.52. The predicted molar refractivity (Wildman–Crippen MR) is 93.5 cm³/mol. The van der Waals surface area contributed by atoms with Crippen LogP contribution >= 0.6 is 11.6 Å². The van der Waals surface area contributed by atoms with Gasteiger partial charge in [-0.15, -0.1) is 0 Å². The van der Waals surface area contributed by atoms with E-state index in [0.29, 0.717) is 24.0 Å². The molecule has 0 amide bonds. The zero-order chi connectivity index (χ0) is 18.6. The zero-order valence-corrected chi connectivity index (χ0v) is 14.8. The highest BCUT2D eigenvalue weighted by Crippen LogP contribution is 2.36. The lowest BCUT2D eigenvalue weighted by molar-refractivity contribution is -0.137. The van der Waals surface area contributed by atoms with E-state index in [1.165, 1.54) is 12.1 Å². The van der Waals surface area contributed by atoms with E-state index >= 15 is 0 Å². The van der Waals surface area contributed by atoms with Crippen LogP contribution in [0.25, 0.3) is 0 Å². The number of likely N-dealkylation sites (N-methyl/N-ethyl adjacent to an activating group) is 1. The van der Waals surface area contributed by atoms with Crippen molar-refractivity contribution in [1.29, 1.82) is 0 Å². The lowest BCUT2D eigenvalue weighted by Gasteiger charge is -2.14. The van der Waals surface area contributed by atoms with Gasteiger partial charge in [0.2, 0.25) is 0 Å². The summed E-state index contributed by atoms with van der Waals surface area (Å²) >= 11 is 5.63. The monoisotopic (exact) mass is 373 g/mol. The molecule has 0 spiro atoms. The largest absolute Gasteiger partial charge is 0.417 e. The van der Waals surface area contributed by atoms with Crippen LogP contribution in [-0.2, 0) is 6.18 Å². The number of aryl methyl sites for hydroxylation is 1. The number of hydrogen-bond donors (Lipinski definition) is 2. The third-order valence-corrected chi connectivity index (χ3v) is 3.58. The maximum Gasteiger partial charge on any atom is 0.417 e. The van der Waals surface area contributed by atoms with Crippen LogP contribution in [0.1, 0.15) is 11.4 Å². The van der Waals surface area contributed by atoms with E-state index in [-0.39, 0.29) is 10.7 Å². The Morgan fingerprint density at radius 1 is 1.12 bits per heavy atom. The molecule has 136 valence electrons. The second kappa shape index (κ2) is 7.88. The molecule has 0 aliphatic rings. The summed E-state index contributed by atoms with van der Waals surface area (Å²) in [6.45, 7) is 3.21. The summed E-state index contributed by atoms with van der Waals surface area (Å²) in [4.78, 5) is 10.5. The second-order valence-electron chi connectivity index (χ2n) is 5.73. The first kappa shape index (κ1) is 19.3. The molecule has 0 fully saturated rings. The van der Waals surface area contributed by atoms with Gasteiger partial charge in [0, 0.05) is 24.8 Å². The van der Waals surface area contributed by atoms with Crippen molar-refractivity contribution in [2.24, 2.45) is 0 Å². The Morgan fingerprint density at radius 2 is 1.80 bits per heavy atom. The first-order valence-corrected chi connectivity index (χ1v) is 7.91. The number of benzene rings is 1. The normalized spacial score (nSPS) is 11.7. The molecule has 25 heavy (non-hydrogen) atoms. The molecule has 0 unspecified atom stereocenters. The molecule has 9 heteroatoms. The van der Waals surface area contributed by atoms with Gasteiger partial charge < -0.3 is 15.5 Å². The van der Waals surface area contributed by atoms with Gasteiger partial charge in [0.15, 0.2) is 0 Å². The van der Waals surface area contributed by atoms with Crippen molar-refractivity contribution in [3.05, 3.63) is 40.7 Å². The first-order chi connectivity index (χ1) is 11.6. The summed E-state index contributed by atoms with van der Waals surface area (Å²) in [5.74, 6) is 1.50. The fourth-order valence-corrected chi connectivity index (χ4v) is 2.32. The average molecular weight is 374 g/mol. The SMILES string of the molecule is Cc1nc(NCCN(C)C)cc(Nc2ccc(Cl)c(C(F)(F)F)c2)n1. The van der Waals surface area contributed by atoms with E-state index in [9.17, 15) is 13.2 Å². The topological polar surface area (TPSA) is 53.1 Å². The molecule has 0 radical (unpaired) electrons. The smallest absolute Gasteiger partial charge is 0.369 e. The van der Waals surface area contributed by atoms with Crippen molar-refractivity contribution in [2.45, 2.75) is 13.1 Å². The van der Waals surface area contributed by atoms with Gasteiger partial charge in [-0.2, -0.15) is 13.2 Å². The minimum atomic E-state index is -4.52. The van der Waals surface area contributed by atoms with Crippen LogP contribution in [-0.4, -0.2) is 42.1 Å². The molecule has 5 nitrogen and oxygen atoms in total. The van der Waals surface area contributed by atoms with Crippen molar-refractivity contribution in [2.75, 3.05) is 37.8 Å². The van der Waals surface area contributed by atoms with Gasteiger partial charge in [0.05, 0.1) is 10.6 Å². The number of alkyl halides is 3. The van der Waals surface area contributed by atoms with Crippen LogP contribution in [0.4, 0.5) is 30.5 Å². The third-order valence-electron chi connectivity index (χ3n) is 3.25. The number of nitrogens with one attached hydrogen (secondary N) is 2. The molecule has 2 N–H and O–H groups in total. The van der Waals surface area contributed by atoms with Crippen LogP contribution < -0.4 is 10.6 Å². The standard InChI is InChI=1S/C16H19ClF3N5/c1-10-22-14(21-6-7-25(2)3)9-15(23-10)24-11-4-5-13(17)12(8-11)16(18,19)20/h4-5,8-9H,6-7H2,1-3H3,(H2,21,22,23,24). The highest BCUT2D eigenvalue weighted by molar-refractivity contribution is 6.31. The van der Waals surface area contributed by atoms with Crippen molar-refractivity contribution in [1.82, 2.24) is 14.9 Å². The summed E-state index contributed by atoms with van der Waals surface area (Å²) < 4.78 is 38.8. The van der Waals surface area contributed by atoms with Gasteiger partial charge in [-0.3, -0.25) is 0 Å². The lowest BCUT2D eigenvalue weighted by atomic mass is 10.2. The number of rotatable bonds is 6. The predicted octanol–water partition coefficient (Wildman–Crippen LogP) is 4.17. The van der Waals surface area contributed by atoms with Crippen LogP contribution in [0.5, 0.6) is 0 Å². The van der Waals surface area contributed by atoms with Crippen LogP contribution in [0, 0.1) is 6.92 Å². The molecule has 0 atom stereocenters. The number of hydrogen-bond acceptors (Lipinski definition) is 5. The van der Waals surface area contributed by atoms with E-state index in [0.717, 1.165) is 12.6 Å². The highest BCUT2D eigenvalue weighted by atomic mass is 35.5. The molecule has 2 aromatic rings. The number of halogens is 4. The Morgan fingerprint density at radius 3 is 2.44 bits per heavy atom. The minimum absolute atomic E-state index is 0.245. The van der Waals surface area contributed by atoms with Gasteiger partial charge in [0.1, 0.15) is 17.5 Å². The number of anilines is 3. The average Bonchev–Trinajstić information content (AvgIpc) is 2.47. The van der Waals surface area contributed by atoms with Crippen molar-refractivity contribution >= 4 is 28.9 Å². The number of nitrogens with zero attached hydrogens (tertiary/aromatic N) is 3. The summed E-state index contributed by atoms with van der Waals surface area (Å²) in [5.41, 5.74) is -0.650. The number of aromatic nitrogens is 2. The molecule has 0 aliphatic heterocycles. The molecular weight excluding hydrogens is 355 g/mol. The summed E-state index contributed by atoms with van der Waals surface area (Å²) in [6, 6.07) is 5.27. The van der Waals surface area contributed by atoms with E-state index in [1.807, 2.05) is 19.0 Å². The van der Waals surface area contributed by atoms with Crippen LogP contribution in [0.15, 0.2) is 24.3 Å². The molecule has 1 heterocycles. The molecule has 1 aromatic carbocycles. The van der Waals surface area contributed by atoms with Gasteiger partial charge in [-0.1, -0.05) is 11.6 Å². The molecule has 0 aliphatic carbocycles. The van der Waals surface area contributed by atoms with E-state index in [2.05, 4.69) is 20.6 Å². The van der Waals surface area contributed by atoms with E-state index < -0.39 is 11.7 Å². The first-order valence-electron chi connectivity index (χ1n) is 7.53. The second-order valence-corrected chi connectivity index (χ2v) is 6.14. The maximum atomic E-state index is 12.9. The fraction of sp³-hybridized carbons (Fsp3) is 0.375. The molecule has 2 rings (SSSR count). The Bertz CT molecular complexity index is 734. The zero-order valence-electron chi connectivity index (χ0n) is 14.1. The van der Waals surface area contributed by atoms with Crippen molar-refractivity contribution in [3.63, 3.8) is 0 Å². The molecule has 0 bridgehead atoms. The van der Waals surface area contributed by atoms with Crippen LogP contribution in [0.2, 0.25) is 5.02 Å². The lowest BCUT2D eigenvalue weighted by Crippen LogP contribution is -2.21. The van der Waals surface area contributed by atoms with Gasteiger partial charge in [0.25, 0.3) is 0 Å². The molecule has 0 saturated carbocycles. The van der Waals surface area contributed by atoms with Crippen LogP contribution in [0.3, 0.4) is 0 Å². The maximum absolute atomic E-state index is 12.9. The Balaban J connectivity index is 2.18. The molecule has 0 saturated heterocycles. The minimum Gasteiger partial charge on any atom is -0.369 e. The fourth-order valence-electron chi connectivity index (χ4n) is 2.10. The Kier molecular flexibility index (Phi) is 6.07. The van der Waals surface area contributed by atoms with Gasteiger partial charge >= 0.3 is 6.18 Å². The Labute approximate surface area is 149 Å². The van der Waals surface area contributed by atoms with Crippen molar-refractivity contribution < 1.29 is 13.2 Å². The van der Waals surface area contributed by atoms with E-state index in [4.69, 9.17) is 11.6 Å². The van der Waals surface area contributed by atoms with Gasteiger partial charge in [-0.05, 0) is 39.2 Å². The third kappa shape index (κ3) is 5.75. The Hall–Kier alpha value is -2.06. The molecule has 1 aromatic heterocycles. The quantitative estimate of drug-likeness (QED) is 0.795. The van der Waals surface area contributed by atoms with E-state index in [1.54, 1.807) is 13.0 Å². The highest BCUT2D eigenvalue weighted by Gasteiger charge is 2.33. The molecular formula is C16H19ClF3N5.